The molecule has 60 valence electrons. The summed E-state index contributed by atoms with van der Waals surface area (Å²) in [5, 5.41) is 0. The molecule has 0 saturated heterocycles. The van der Waals surface area contributed by atoms with Gasteiger partial charge in [-0.2, -0.15) is 0 Å². The van der Waals surface area contributed by atoms with E-state index in [-0.39, 0.29) is 0 Å². The van der Waals surface area contributed by atoms with E-state index in [0.29, 0.717) is 6.10 Å². The van der Waals surface area contributed by atoms with Crippen LogP contribution in [0.5, 0.6) is 0 Å². The fourth-order valence-corrected chi connectivity index (χ4v) is 1.83. The van der Waals surface area contributed by atoms with E-state index in [1.54, 1.807) is 0 Å². The van der Waals surface area contributed by atoms with Crippen molar-refractivity contribution < 1.29 is 4.74 Å². The average molecular weight is 150 g/mol. The predicted molar refractivity (Wildman–Crippen MR) is 45.3 cm³/mol. The van der Waals surface area contributed by atoms with E-state index in [4.69, 9.17) is 4.74 Å². The zero-order chi connectivity index (χ0) is 7.68. The lowest BCUT2D eigenvalue weighted by molar-refractivity contribution is 0.162. The van der Waals surface area contributed by atoms with Crippen molar-refractivity contribution in [1.29, 1.82) is 0 Å². The van der Waals surface area contributed by atoms with Gasteiger partial charge in [-0.3, -0.25) is 0 Å². The van der Waals surface area contributed by atoms with E-state index in [2.05, 4.69) is 24.3 Å². The van der Waals surface area contributed by atoms with Gasteiger partial charge in [0, 0.05) is 7.11 Å². The van der Waals surface area contributed by atoms with E-state index in [0.717, 1.165) is 11.8 Å². The summed E-state index contributed by atoms with van der Waals surface area (Å²) in [5.74, 6) is 1.56. The van der Waals surface area contributed by atoms with Crippen molar-refractivity contribution in [3.8, 4) is 0 Å². The third kappa shape index (κ3) is 1.38. The number of hydrogen-bond acceptors (Lipinski definition) is 1. The minimum Gasteiger partial charge on any atom is -0.381 e. The lowest BCUT2D eigenvalue weighted by atomic mass is 9.96. The summed E-state index contributed by atoms with van der Waals surface area (Å²) in [6.07, 6.45) is 11.9. The van der Waals surface area contributed by atoms with Gasteiger partial charge in [-0.05, 0) is 24.7 Å². The van der Waals surface area contributed by atoms with Crippen molar-refractivity contribution in [3.63, 3.8) is 0 Å². The Morgan fingerprint density at radius 3 is 2.82 bits per heavy atom. The number of ether oxygens (including phenoxy) is 1. The fourth-order valence-electron chi connectivity index (χ4n) is 1.83. The van der Waals surface area contributed by atoms with Crippen molar-refractivity contribution in [2.24, 2.45) is 11.8 Å². The maximum absolute atomic E-state index is 5.27. The third-order valence-electron chi connectivity index (χ3n) is 2.65. The van der Waals surface area contributed by atoms with E-state index in [9.17, 15) is 0 Å². The summed E-state index contributed by atoms with van der Waals surface area (Å²) in [4.78, 5) is 0. The second kappa shape index (κ2) is 2.82. The zero-order valence-electron chi connectivity index (χ0n) is 6.86. The fraction of sp³-hybridized carbons (Fsp3) is 0.600. The molecule has 0 N–H and O–H groups in total. The Morgan fingerprint density at radius 1 is 1.36 bits per heavy atom. The lowest BCUT2D eigenvalue weighted by Crippen LogP contribution is -2.04. The van der Waals surface area contributed by atoms with Crippen LogP contribution in [0.3, 0.4) is 0 Å². The number of methoxy groups -OCH3 is 1. The maximum atomic E-state index is 5.27. The summed E-state index contributed by atoms with van der Waals surface area (Å²) < 4.78 is 5.27. The molecule has 1 fully saturated rings. The summed E-state index contributed by atoms with van der Waals surface area (Å²) >= 11 is 0. The van der Waals surface area contributed by atoms with Crippen LogP contribution in [0.25, 0.3) is 0 Å². The first kappa shape index (κ1) is 7.11. The molecule has 1 heteroatoms. The highest BCUT2D eigenvalue weighted by molar-refractivity contribution is 5.14. The molecule has 0 aromatic rings. The Morgan fingerprint density at radius 2 is 2.27 bits per heavy atom. The summed E-state index contributed by atoms with van der Waals surface area (Å²) in [6, 6.07) is 0. The third-order valence-corrected chi connectivity index (χ3v) is 2.65. The number of hydrogen-bond donors (Lipinski definition) is 0. The Hall–Kier alpha value is -0.560. The Balaban J connectivity index is 1.88. The van der Waals surface area contributed by atoms with Crippen LogP contribution < -0.4 is 0 Å². The first-order chi connectivity index (χ1) is 5.42. The van der Waals surface area contributed by atoms with Gasteiger partial charge in [0.05, 0.1) is 6.10 Å². The molecule has 0 aromatic heterocycles. The molecule has 1 saturated carbocycles. The molecule has 2 aliphatic carbocycles. The summed E-state index contributed by atoms with van der Waals surface area (Å²) in [5.41, 5.74) is 0. The highest BCUT2D eigenvalue weighted by atomic mass is 16.5. The van der Waals surface area contributed by atoms with Gasteiger partial charge in [-0.25, -0.2) is 0 Å². The maximum Gasteiger partial charge on any atom is 0.0610 e. The monoisotopic (exact) mass is 150 g/mol. The van der Waals surface area contributed by atoms with Gasteiger partial charge in [0.25, 0.3) is 0 Å². The summed E-state index contributed by atoms with van der Waals surface area (Å²) in [7, 11) is 1.81. The van der Waals surface area contributed by atoms with Crippen LogP contribution in [-0.4, -0.2) is 13.2 Å². The smallest absolute Gasteiger partial charge is 0.0610 e. The molecule has 2 aliphatic rings. The van der Waals surface area contributed by atoms with Gasteiger partial charge in [-0.1, -0.05) is 24.3 Å². The van der Waals surface area contributed by atoms with Crippen LogP contribution >= 0.6 is 0 Å². The van der Waals surface area contributed by atoms with Crippen LogP contribution in [0.2, 0.25) is 0 Å². The quantitative estimate of drug-likeness (QED) is 0.586. The largest absolute Gasteiger partial charge is 0.381 e. The second-order valence-electron chi connectivity index (χ2n) is 3.39. The molecule has 0 spiro atoms. The van der Waals surface area contributed by atoms with Crippen LogP contribution in [0.4, 0.5) is 0 Å². The van der Waals surface area contributed by atoms with Crippen LogP contribution in [0.15, 0.2) is 24.3 Å². The molecule has 0 amide bonds. The van der Waals surface area contributed by atoms with E-state index >= 15 is 0 Å². The number of allylic oxidation sites excluding steroid dienone is 4. The van der Waals surface area contributed by atoms with Gasteiger partial charge in [0.1, 0.15) is 0 Å². The molecule has 1 unspecified atom stereocenters. The van der Waals surface area contributed by atoms with Crippen molar-refractivity contribution in [2.45, 2.75) is 18.9 Å². The highest BCUT2D eigenvalue weighted by Crippen LogP contribution is 2.42. The van der Waals surface area contributed by atoms with Crippen molar-refractivity contribution in [1.82, 2.24) is 0 Å². The molecule has 2 rings (SSSR count). The molecule has 0 aromatic carbocycles. The first-order valence-electron chi connectivity index (χ1n) is 4.28. The van der Waals surface area contributed by atoms with E-state index in [1.807, 2.05) is 7.11 Å². The Kier molecular flexibility index (Phi) is 1.82. The van der Waals surface area contributed by atoms with Crippen molar-refractivity contribution in [2.75, 3.05) is 7.11 Å². The topological polar surface area (TPSA) is 9.23 Å². The van der Waals surface area contributed by atoms with Crippen LogP contribution in [0.1, 0.15) is 12.8 Å². The average Bonchev–Trinajstić information content (AvgIpc) is 2.85. The summed E-state index contributed by atoms with van der Waals surface area (Å²) in [6.45, 7) is 0. The second-order valence-corrected chi connectivity index (χ2v) is 3.39. The Labute approximate surface area is 67.7 Å². The highest BCUT2D eigenvalue weighted by Gasteiger charge is 2.41. The van der Waals surface area contributed by atoms with Crippen LogP contribution in [-0.2, 0) is 4.74 Å². The van der Waals surface area contributed by atoms with Crippen molar-refractivity contribution >= 4 is 0 Å². The molecule has 0 aliphatic heterocycles. The SMILES string of the molecule is CO[C@@H]1C[C@H]1C1C=CC=CC1. The number of rotatable bonds is 2. The van der Waals surface area contributed by atoms with E-state index in [1.165, 1.54) is 12.8 Å². The normalized spacial score (nSPS) is 41.0. The molecular formula is C10H14O. The predicted octanol–water partition coefficient (Wildman–Crippen LogP) is 2.15. The van der Waals surface area contributed by atoms with Gasteiger partial charge in [0.15, 0.2) is 0 Å². The van der Waals surface area contributed by atoms with E-state index < -0.39 is 0 Å². The van der Waals surface area contributed by atoms with Gasteiger partial charge >= 0.3 is 0 Å². The molecule has 0 radical (unpaired) electrons. The van der Waals surface area contributed by atoms with Gasteiger partial charge in [0.2, 0.25) is 0 Å². The van der Waals surface area contributed by atoms with Gasteiger partial charge in [-0.15, -0.1) is 0 Å². The molecule has 0 bridgehead atoms. The minimum atomic E-state index is 0.552. The molecular weight excluding hydrogens is 136 g/mol. The van der Waals surface area contributed by atoms with Crippen LogP contribution in [0, 0.1) is 11.8 Å². The molecule has 1 nitrogen and oxygen atoms in total. The zero-order valence-corrected chi connectivity index (χ0v) is 6.86. The minimum absolute atomic E-state index is 0.552. The lowest BCUT2D eigenvalue weighted by Gasteiger charge is -2.11. The Bertz CT molecular complexity index is 193. The first-order valence-corrected chi connectivity index (χ1v) is 4.28. The van der Waals surface area contributed by atoms with Gasteiger partial charge < -0.3 is 4.74 Å². The van der Waals surface area contributed by atoms with Crippen molar-refractivity contribution in [3.05, 3.63) is 24.3 Å². The molecule has 11 heavy (non-hydrogen) atoms. The molecule has 0 heterocycles. The standard InChI is InChI=1S/C10H14O/c1-11-10-7-9(10)8-5-3-2-4-6-8/h2-5,8-10H,6-7H2,1H3/t8?,9-,10+/m0/s1. The molecule has 3 atom stereocenters.